The molecule has 2 aromatic carbocycles. The Hall–Kier alpha value is -2.34. The van der Waals surface area contributed by atoms with Crippen LogP contribution >= 0.6 is 23.2 Å². The maximum atomic E-state index is 13.9. The van der Waals surface area contributed by atoms with Crippen LogP contribution in [0.1, 0.15) is 29.7 Å². The quantitative estimate of drug-likeness (QED) is 0.546. The Morgan fingerprint density at radius 1 is 1.10 bits per heavy atom. The molecule has 4 rings (SSSR count). The van der Waals surface area contributed by atoms with Gasteiger partial charge in [-0.05, 0) is 54.7 Å². The number of nitrogen functional groups attached to an aromatic ring is 1. The minimum absolute atomic E-state index is 0.0670. The third-order valence-corrected chi connectivity index (χ3v) is 5.89. The van der Waals surface area contributed by atoms with Gasteiger partial charge >= 0.3 is 0 Å². The molecule has 4 N–H and O–H groups in total. The molecule has 1 aromatic heterocycles. The molecule has 0 amide bonds. The van der Waals surface area contributed by atoms with Gasteiger partial charge in [0.15, 0.2) is 11.6 Å². The number of aromatic nitrogens is 1. The molecule has 1 aliphatic rings. The van der Waals surface area contributed by atoms with Gasteiger partial charge < -0.3 is 16.2 Å². The number of benzene rings is 2. The minimum Gasteiger partial charge on any atom is -0.482 e. The zero-order valence-corrected chi connectivity index (χ0v) is 17.3. The summed E-state index contributed by atoms with van der Waals surface area (Å²) in [5.74, 6) is 0.0498. The summed E-state index contributed by atoms with van der Waals surface area (Å²) in [6, 6.07) is 10.9. The van der Waals surface area contributed by atoms with E-state index in [1.807, 2.05) is 12.1 Å². The van der Waals surface area contributed by atoms with Crippen LogP contribution in [-0.4, -0.2) is 11.0 Å². The first-order chi connectivity index (χ1) is 13.8. The third kappa shape index (κ3) is 3.90. The summed E-state index contributed by atoms with van der Waals surface area (Å²) in [7, 11) is 0. The molecular weight excluding hydrogens is 412 g/mol. The number of hydrogen-bond acceptors (Lipinski definition) is 4. The van der Waals surface area contributed by atoms with E-state index in [9.17, 15) is 4.39 Å². The van der Waals surface area contributed by atoms with E-state index in [0.717, 1.165) is 24.0 Å². The first kappa shape index (κ1) is 20.0. The van der Waals surface area contributed by atoms with E-state index in [2.05, 4.69) is 17.1 Å². The second-order valence-corrected chi connectivity index (χ2v) is 8.06. The molecule has 1 heterocycles. The fourth-order valence-electron chi connectivity index (χ4n) is 3.70. The van der Waals surface area contributed by atoms with Crippen molar-refractivity contribution in [3.8, 4) is 16.9 Å². The first-order valence-corrected chi connectivity index (χ1v) is 10.0. The topological polar surface area (TPSA) is 74.2 Å². The third-order valence-electron chi connectivity index (χ3n) is 5.18. The van der Waals surface area contributed by atoms with E-state index < -0.39 is 11.9 Å². The molecule has 0 aliphatic heterocycles. The molecule has 0 radical (unpaired) electrons. The molecule has 29 heavy (non-hydrogen) atoms. The molecule has 0 bridgehead atoms. The largest absolute Gasteiger partial charge is 0.482 e. The normalized spacial score (nSPS) is 16.5. The number of nitrogens with zero attached hydrogens (tertiary/aromatic N) is 1. The lowest BCUT2D eigenvalue weighted by atomic mass is 10.0. The van der Waals surface area contributed by atoms with Crippen LogP contribution in [0.5, 0.6) is 5.75 Å². The summed E-state index contributed by atoms with van der Waals surface area (Å²) >= 11 is 12.3. The van der Waals surface area contributed by atoms with Crippen molar-refractivity contribution in [3.05, 3.63) is 75.1 Å². The summed E-state index contributed by atoms with van der Waals surface area (Å²) in [4.78, 5) is 4.26. The Labute approximate surface area is 178 Å². The van der Waals surface area contributed by atoms with Crippen LogP contribution in [-0.2, 0) is 12.8 Å². The highest BCUT2D eigenvalue weighted by atomic mass is 35.5. The lowest BCUT2D eigenvalue weighted by Crippen LogP contribution is -2.18. The van der Waals surface area contributed by atoms with Gasteiger partial charge in [0.1, 0.15) is 11.9 Å². The van der Waals surface area contributed by atoms with Crippen LogP contribution in [0.3, 0.4) is 0 Å². The van der Waals surface area contributed by atoms with Gasteiger partial charge in [0.05, 0.1) is 5.02 Å². The molecule has 0 saturated heterocycles. The SMILES string of the molecule is C[C@@H](Oc1cc(-c2ccc3c(c2)CC(N)C3)cnc1N)c1c(Cl)ccc(F)c1Cl. The smallest absolute Gasteiger partial charge is 0.166 e. The summed E-state index contributed by atoms with van der Waals surface area (Å²) in [5.41, 5.74) is 16.8. The average Bonchev–Trinajstić information content (AvgIpc) is 3.06. The van der Waals surface area contributed by atoms with Crippen molar-refractivity contribution < 1.29 is 9.13 Å². The van der Waals surface area contributed by atoms with Gasteiger partial charge in [-0.25, -0.2) is 9.37 Å². The zero-order valence-electron chi connectivity index (χ0n) is 15.8. The van der Waals surface area contributed by atoms with Gasteiger partial charge in [-0.1, -0.05) is 41.4 Å². The number of ether oxygens (including phenoxy) is 1. The number of rotatable bonds is 4. The highest BCUT2D eigenvalue weighted by molar-refractivity contribution is 6.36. The Morgan fingerprint density at radius 3 is 2.66 bits per heavy atom. The van der Waals surface area contributed by atoms with Crippen LogP contribution in [0.2, 0.25) is 10.0 Å². The Bertz CT molecular complexity index is 1090. The van der Waals surface area contributed by atoms with Crippen molar-refractivity contribution in [1.29, 1.82) is 0 Å². The van der Waals surface area contributed by atoms with E-state index in [-0.39, 0.29) is 16.9 Å². The van der Waals surface area contributed by atoms with Crippen molar-refractivity contribution in [3.63, 3.8) is 0 Å². The first-order valence-electron chi connectivity index (χ1n) is 9.26. The maximum Gasteiger partial charge on any atom is 0.166 e. The van der Waals surface area contributed by atoms with Crippen LogP contribution in [0, 0.1) is 5.82 Å². The zero-order chi connectivity index (χ0) is 20.7. The van der Waals surface area contributed by atoms with Crippen molar-refractivity contribution in [2.45, 2.75) is 31.9 Å². The fraction of sp³-hybridized carbons (Fsp3) is 0.227. The molecule has 0 spiro atoms. The second-order valence-electron chi connectivity index (χ2n) is 7.28. The summed E-state index contributed by atoms with van der Waals surface area (Å²) in [6.07, 6.45) is 2.84. The molecule has 4 nitrogen and oxygen atoms in total. The molecule has 0 fully saturated rings. The maximum absolute atomic E-state index is 13.9. The lowest BCUT2D eigenvalue weighted by molar-refractivity contribution is 0.227. The van der Waals surface area contributed by atoms with Crippen molar-refractivity contribution in [2.75, 3.05) is 5.73 Å². The second kappa shape index (κ2) is 7.82. The predicted octanol–water partition coefficient (Wildman–Crippen LogP) is 5.34. The molecule has 0 saturated carbocycles. The van der Waals surface area contributed by atoms with Crippen molar-refractivity contribution in [1.82, 2.24) is 4.98 Å². The van der Waals surface area contributed by atoms with E-state index >= 15 is 0 Å². The number of nitrogens with two attached hydrogens (primary N) is 2. The summed E-state index contributed by atoms with van der Waals surface area (Å²) in [6.45, 7) is 1.73. The average molecular weight is 432 g/mol. The number of hydrogen-bond donors (Lipinski definition) is 2. The summed E-state index contributed by atoms with van der Waals surface area (Å²) < 4.78 is 19.8. The van der Waals surface area contributed by atoms with Crippen LogP contribution in [0.15, 0.2) is 42.6 Å². The van der Waals surface area contributed by atoms with Gasteiger partial charge in [0, 0.05) is 28.4 Å². The molecule has 1 unspecified atom stereocenters. The van der Waals surface area contributed by atoms with Crippen LogP contribution < -0.4 is 16.2 Å². The van der Waals surface area contributed by atoms with Gasteiger partial charge in [0.2, 0.25) is 0 Å². The molecule has 7 heteroatoms. The highest BCUT2D eigenvalue weighted by Crippen LogP contribution is 2.37. The van der Waals surface area contributed by atoms with Crippen LogP contribution in [0.25, 0.3) is 11.1 Å². The lowest BCUT2D eigenvalue weighted by Gasteiger charge is -2.19. The molecule has 2 atom stereocenters. The van der Waals surface area contributed by atoms with E-state index in [4.69, 9.17) is 39.4 Å². The molecule has 150 valence electrons. The Balaban J connectivity index is 1.65. The molecule has 3 aromatic rings. The van der Waals surface area contributed by atoms with Gasteiger partial charge in [-0.2, -0.15) is 0 Å². The van der Waals surface area contributed by atoms with Crippen molar-refractivity contribution >= 4 is 29.0 Å². The van der Waals surface area contributed by atoms with Gasteiger partial charge in [0.25, 0.3) is 0 Å². The monoisotopic (exact) mass is 431 g/mol. The van der Waals surface area contributed by atoms with Gasteiger partial charge in [-0.15, -0.1) is 0 Å². The van der Waals surface area contributed by atoms with Gasteiger partial charge in [-0.3, -0.25) is 0 Å². The van der Waals surface area contributed by atoms with Crippen molar-refractivity contribution in [2.24, 2.45) is 5.73 Å². The van der Waals surface area contributed by atoms with E-state index in [1.54, 1.807) is 13.1 Å². The number of pyridine rings is 1. The number of fused-ring (bicyclic) bond motifs is 1. The number of halogens is 3. The van der Waals surface area contributed by atoms with E-state index in [1.165, 1.54) is 23.3 Å². The molecular formula is C22H20Cl2FN3O. The highest BCUT2D eigenvalue weighted by Gasteiger charge is 2.21. The summed E-state index contributed by atoms with van der Waals surface area (Å²) in [5, 5.41) is 0.254. The Kier molecular flexibility index (Phi) is 5.38. The molecule has 1 aliphatic carbocycles. The Morgan fingerprint density at radius 2 is 1.86 bits per heavy atom. The standard InChI is InChI=1S/C22H20Cl2FN3O/c1-11(20-17(23)4-5-18(25)21(20)24)29-19-9-15(10-28-22(19)27)12-2-3-13-7-16(26)8-14(13)6-12/h2-6,9-11,16H,7-8,26H2,1H3,(H2,27,28)/t11-,16?/m1/s1. The van der Waals surface area contributed by atoms with Crippen LogP contribution in [0.4, 0.5) is 10.2 Å². The minimum atomic E-state index is -0.622. The predicted molar refractivity (Wildman–Crippen MR) is 115 cm³/mol. The fourth-order valence-corrected chi connectivity index (χ4v) is 4.38. The van der Waals surface area contributed by atoms with E-state index in [0.29, 0.717) is 16.3 Å². The number of anilines is 1.